The van der Waals surface area contributed by atoms with Gasteiger partial charge in [0, 0.05) is 12.2 Å². The molecule has 0 radical (unpaired) electrons. The van der Waals surface area contributed by atoms with Crippen LogP contribution in [0.15, 0.2) is 36.5 Å². The van der Waals surface area contributed by atoms with E-state index in [1.54, 1.807) is 0 Å². The summed E-state index contributed by atoms with van der Waals surface area (Å²) in [5.74, 6) is 0.718. The zero-order valence-electron chi connectivity index (χ0n) is 12.1. The largest absolute Gasteiger partial charge is 0.385 e. The molecule has 1 aromatic carbocycles. The van der Waals surface area contributed by atoms with Crippen LogP contribution in [0, 0.1) is 5.92 Å². The molecule has 0 bridgehead atoms. The van der Waals surface area contributed by atoms with E-state index in [0.29, 0.717) is 0 Å². The fraction of sp³-hybridized carbons (Fsp3) is 0.529. The van der Waals surface area contributed by atoms with Crippen LogP contribution in [0.2, 0.25) is 0 Å². The molecule has 0 aliphatic carbocycles. The highest BCUT2D eigenvalue weighted by atomic mass is 14.9. The predicted octanol–water partition coefficient (Wildman–Crippen LogP) is 4.68. The monoisotopic (exact) mass is 245 g/mol. The van der Waals surface area contributed by atoms with Crippen LogP contribution in [0.25, 0.3) is 0 Å². The Labute approximate surface area is 112 Å². The van der Waals surface area contributed by atoms with Crippen molar-refractivity contribution in [1.29, 1.82) is 0 Å². The van der Waals surface area contributed by atoms with Crippen LogP contribution < -0.4 is 5.32 Å². The summed E-state index contributed by atoms with van der Waals surface area (Å²) in [5, 5.41) is 3.47. The van der Waals surface area contributed by atoms with E-state index in [-0.39, 0.29) is 0 Å². The smallest absolute Gasteiger partial charge is 0.0400 e. The number of rotatable bonds is 8. The molecule has 18 heavy (non-hydrogen) atoms. The van der Waals surface area contributed by atoms with Crippen molar-refractivity contribution < 1.29 is 0 Å². The van der Waals surface area contributed by atoms with Gasteiger partial charge < -0.3 is 5.32 Å². The zero-order valence-corrected chi connectivity index (χ0v) is 12.1. The minimum atomic E-state index is 0.718. The summed E-state index contributed by atoms with van der Waals surface area (Å²) >= 11 is 0. The number of nitrogens with one attached hydrogen (secondary N) is 1. The van der Waals surface area contributed by atoms with Crippen LogP contribution in [0.3, 0.4) is 0 Å². The van der Waals surface area contributed by atoms with Crippen LogP contribution in [-0.4, -0.2) is 0 Å². The molecule has 0 fully saturated rings. The molecule has 1 nitrogen and oxygen atoms in total. The Hall–Kier alpha value is -1.24. The molecule has 1 rings (SSSR count). The zero-order chi connectivity index (χ0) is 13.4. The average Bonchev–Trinajstić information content (AvgIpc) is 2.38. The lowest BCUT2D eigenvalue weighted by Gasteiger charge is -2.15. The van der Waals surface area contributed by atoms with E-state index in [9.17, 15) is 0 Å². The maximum absolute atomic E-state index is 4.12. The second-order valence-corrected chi connectivity index (χ2v) is 5.19. The van der Waals surface area contributed by atoms with Crippen LogP contribution in [0.5, 0.6) is 0 Å². The Bertz CT molecular complexity index is 368. The van der Waals surface area contributed by atoms with Gasteiger partial charge in [-0.25, -0.2) is 0 Å². The molecule has 0 heterocycles. The highest BCUT2D eigenvalue weighted by Gasteiger charge is 2.04. The summed E-state index contributed by atoms with van der Waals surface area (Å²) in [5.41, 5.74) is 4.03. The molecule has 1 unspecified atom stereocenters. The van der Waals surface area contributed by atoms with Gasteiger partial charge in [0.2, 0.25) is 0 Å². The fourth-order valence-corrected chi connectivity index (χ4v) is 2.10. The molecular formula is C17H27N. The number of hydrogen-bond acceptors (Lipinski definition) is 1. The first-order chi connectivity index (χ1) is 8.67. The van der Waals surface area contributed by atoms with Gasteiger partial charge >= 0.3 is 0 Å². The second kappa shape index (κ2) is 7.97. The van der Waals surface area contributed by atoms with Crippen molar-refractivity contribution in [3.63, 3.8) is 0 Å². The van der Waals surface area contributed by atoms with Gasteiger partial charge in [-0.2, -0.15) is 0 Å². The molecule has 0 spiro atoms. The van der Waals surface area contributed by atoms with Gasteiger partial charge in [0.1, 0.15) is 0 Å². The Morgan fingerprint density at radius 3 is 2.50 bits per heavy atom. The van der Waals surface area contributed by atoms with Gasteiger partial charge in [0.05, 0.1) is 0 Å². The van der Waals surface area contributed by atoms with Crippen LogP contribution >= 0.6 is 0 Å². The Morgan fingerprint density at radius 2 is 1.89 bits per heavy atom. The van der Waals surface area contributed by atoms with E-state index >= 15 is 0 Å². The average molecular weight is 245 g/mol. The van der Waals surface area contributed by atoms with Crippen LogP contribution in [-0.2, 0) is 13.0 Å². The molecule has 1 aromatic rings. The van der Waals surface area contributed by atoms with Crippen LogP contribution in [0.4, 0.5) is 0 Å². The molecule has 0 aromatic heterocycles. The molecule has 1 atom stereocenters. The first-order valence-electron chi connectivity index (χ1n) is 7.15. The molecule has 0 amide bonds. The second-order valence-electron chi connectivity index (χ2n) is 5.19. The lowest BCUT2D eigenvalue weighted by atomic mass is 10.0. The van der Waals surface area contributed by atoms with Crippen molar-refractivity contribution in [2.75, 3.05) is 0 Å². The van der Waals surface area contributed by atoms with E-state index in [4.69, 9.17) is 0 Å². The minimum absolute atomic E-state index is 0.718. The lowest BCUT2D eigenvalue weighted by Crippen LogP contribution is -2.15. The van der Waals surface area contributed by atoms with Crippen molar-refractivity contribution in [2.45, 2.75) is 53.0 Å². The first-order valence-corrected chi connectivity index (χ1v) is 7.15. The van der Waals surface area contributed by atoms with E-state index in [1.165, 1.54) is 24.0 Å². The third-order valence-corrected chi connectivity index (χ3v) is 3.46. The predicted molar refractivity (Wildman–Crippen MR) is 80.5 cm³/mol. The SMILES string of the molecule is C=C(CC(C)CC)NCc1ccccc1CCC. The summed E-state index contributed by atoms with van der Waals surface area (Å²) in [4.78, 5) is 0. The third-order valence-electron chi connectivity index (χ3n) is 3.46. The maximum atomic E-state index is 4.12. The fourth-order valence-electron chi connectivity index (χ4n) is 2.10. The molecule has 0 saturated heterocycles. The van der Waals surface area contributed by atoms with Crippen molar-refractivity contribution in [3.8, 4) is 0 Å². The number of aryl methyl sites for hydroxylation is 1. The van der Waals surface area contributed by atoms with Gasteiger partial charge in [-0.05, 0) is 29.9 Å². The van der Waals surface area contributed by atoms with Crippen molar-refractivity contribution >= 4 is 0 Å². The first kappa shape index (κ1) is 14.8. The van der Waals surface area contributed by atoms with Gasteiger partial charge in [0.25, 0.3) is 0 Å². The van der Waals surface area contributed by atoms with E-state index < -0.39 is 0 Å². The van der Waals surface area contributed by atoms with Gasteiger partial charge in [0.15, 0.2) is 0 Å². The molecule has 1 heteroatoms. The van der Waals surface area contributed by atoms with Gasteiger partial charge in [-0.15, -0.1) is 0 Å². The topological polar surface area (TPSA) is 12.0 Å². The van der Waals surface area contributed by atoms with Crippen molar-refractivity contribution in [1.82, 2.24) is 5.32 Å². The summed E-state index contributed by atoms with van der Waals surface area (Å²) in [6.07, 6.45) is 4.65. The number of allylic oxidation sites excluding steroid dienone is 1. The third kappa shape index (κ3) is 4.95. The summed E-state index contributed by atoms with van der Waals surface area (Å²) in [7, 11) is 0. The quantitative estimate of drug-likeness (QED) is 0.701. The molecule has 1 N–H and O–H groups in total. The Kier molecular flexibility index (Phi) is 6.56. The molecular weight excluding hydrogens is 218 g/mol. The molecule has 0 saturated carbocycles. The Morgan fingerprint density at radius 1 is 1.22 bits per heavy atom. The van der Waals surface area contributed by atoms with E-state index in [0.717, 1.165) is 31.0 Å². The van der Waals surface area contributed by atoms with Gasteiger partial charge in [-0.3, -0.25) is 0 Å². The Balaban J connectivity index is 2.50. The van der Waals surface area contributed by atoms with E-state index in [2.05, 4.69) is 56.9 Å². The highest BCUT2D eigenvalue weighted by Crippen LogP contribution is 2.14. The number of hydrogen-bond donors (Lipinski definition) is 1. The van der Waals surface area contributed by atoms with E-state index in [1.807, 2.05) is 0 Å². The van der Waals surface area contributed by atoms with Crippen molar-refractivity contribution in [3.05, 3.63) is 47.7 Å². The normalized spacial score (nSPS) is 12.2. The highest BCUT2D eigenvalue weighted by molar-refractivity contribution is 5.27. The molecule has 100 valence electrons. The standard InChI is InChI=1S/C17H27N/c1-5-9-16-10-7-8-11-17(16)13-18-15(4)12-14(3)6-2/h7-8,10-11,14,18H,4-6,9,12-13H2,1-3H3. The van der Waals surface area contributed by atoms with Crippen molar-refractivity contribution in [2.24, 2.45) is 5.92 Å². The maximum Gasteiger partial charge on any atom is 0.0400 e. The summed E-state index contributed by atoms with van der Waals surface area (Å²) in [6, 6.07) is 8.70. The number of benzene rings is 1. The minimum Gasteiger partial charge on any atom is -0.385 e. The molecule has 0 aliphatic rings. The summed E-state index contributed by atoms with van der Waals surface area (Å²) in [6.45, 7) is 11.8. The van der Waals surface area contributed by atoms with Crippen LogP contribution in [0.1, 0.15) is 51.2 Å². The lowest BCUT2D eigenvalue weighted by molar-refractivity contribution is 0.535. The van der Waals surface area contributed by atoms with Gasteiger partial charge in [-0.1, -0.05) is 64.5 Å². The molecule has 0 aliphatic heterocycles. The summed E-state index contributed by atoms with van der Waals surface area (Å²) < 4.78 is 0.